The first kappa shape index (κ1) is 23.0. The summed E-state index contributed by atoms with van der Waals surface area (Å²) in [5.74, 6) is -1.27. The Morgan fingerprint density at radius 2 is 1.76 bits per heavy atom. The van der Waals surface area contributed by atoms with Gasteiger partial charge >= 0.3 is 5.97 Å². The summed E-state index contributed by atoms with van der Waals surface area (Å²) in [4.78, 5) is 28.7. The summed E-state index contributed by atoms with van der Waals surface area (Å²) in [6.07, 6.45) is 3.56. The highest BCUT2D eigenvalue weighted by atomic mass is 16.5. The Kier molecular flexibility index (Phi) is 6.87. The molecule has 1 aromatic heterocycles. The molecule has 0 saturated carbocycles. The fraction of sp³-hybridized carbons (Fsp3) is 0.179. The Balaban J connectivity index is 1.38. The predicted octanol–water partition coefficient (Wildman–Crippen LogP) is 4.89. The molecule has 0 aliphatic heterocycles. The molecular weight excluding hydrogens is 426 g/mol. The van der Waals surface area contributed by atoms with Crippen molar-refractivity contribution in [3.05, 3.63) is 107 Å². The number of hydrogen-bond acceptors (Lipinski definition) is 5. The second-order valence-corrected chi connectivity index (χ2v) is 8.41. The van der Waals surface area contributed by atoms with Gasteiger partial charge < -0.3 is 15.8 Å². The number of rotatable bonds is 8. The van der Waals surface area contributed by atoms with E-state index in [4.69, 9.17) is 10.5 Å². The lowest BCUT2D eigenvalue weighted by Gasteiger charge is -2.16. The van der Waals surface area contributed by atoms with Crippen LogP contribution in [0.5, 0.6) is 0 Å². The SMILES string of the molecule is Cc1ccc(C(=O)OCc2ccc(C(CNc3ccc4cnccc4c3)C(N)=O)cc2)c(C)c1. The van der Waals surface area contributed by atoms with E-state index in [0.717, 1.165) is 38.7 Å². The first-order valence-electron chi connectivity index (χ1n) is 11.1. The van der Waals surface area contributed by atoms with E-state index < -0.39 is 11.8 Å². The molecule has 6 nitrogen and oxygen atoms in total. The molecule has 3 aromatic carbocycles. The molecular formula is C28H27N3O3. The number of aromatic nitrogens is 1. The Morgan fingerprint density at radius 1 is 0.971 bits per heavy atom. The number of anilines is 1. The maximum Gasteiger partial charge on any atom is 0.338 e. The second-order valence-electron chi connectivity index (χ2n) is 8.41. The lowest BCUT2D eigenvalue weighted by molar-refractivity contribution is -0.119. The summed E-state index contributed by atoms with van der Waals surface area (Å²) in [5, 5.41) is 5.42. The number of esters is 1. The normalized spacial score (nSPS) is 11.7. The third-order valence-corrected chi connectivity index (χ3v) is 5.85. The lowest BCUT2D eigenvalue weighted by Crippen LogP contribution is -2.27. The smallest absolute Gasteiger partial charge is 0.338 e. The average Bonchev–Trinajstić information content (AvgIpc) is 2.83. The van der Waals surface area contributed by atoms with Crippen LogP contribution in [0.1, 0.15) is 38.5 Å². The van der Waals surface area contributed by atoms with Crippen LogP contribution >= 0.6 is 0 Å². The number of fused-ring (bicyclic) bond motifs is 1. The number of ether oxygens (including phenoxy) is 1. The molecule has 1 unspecified atom stereocenters. The molecule has 0 bridgehead atoms. The number of benzene rings is 3. The molecule has 1 atom stereocenters. The topological polar surface area (TPSA) is 94.3 Å². The van der Waals surface area contributed by atoms with Crippen LogP contribution in [0.25, 0.3) is 10.8 Å². The number of primary amides is 1. The summed E-state index contributed by atoms with van der Waals surface area (Å²) >= 11 is 0. The summed E-state index contributed by atoms with van der Waals surface area (Å²) < 4.78 is 5.48. The van der Waals surface area contributed by atoms with Crippen LogP contribution in [-0.4, -0.2) is 23.4 Å². The highest BCUT2D eigenvalue weighted by molar-refractivity contribution is 5.91. The van der Waals surface area contributed by atoms with Crippen molar-refractivity contribution in [1.82, 2.24) is 4.98 Å². The molecule has 4 rings (SSSR count). The van der Waals surface area contributed by atoms with Crippen molar-refractivity contribution in [2.24, 2.45) is 5.73 Å². The first-order valence-corrected chi connectivity index (χ1v) is 11.1. The molecule has 0 fully saturated rings. The van der Waals surface area contributed by atoms with Crippen LogP contribution in [0, 0.1) is 13.8 Å². The van der Waals surface area contributed by atoms with Gasteiger partial charge in [-0.25, -0.2) is 4.79 Å². The van der Waals surface area contributed by atoms with Gasteiger partial charge in [-0.2, -0.15) is 0 Å². The zero-order chi connectivity index (χ0) is 24.1. The van der Waals surface area contributed by atoms with E-state index >= 15 is 0 Å². The van der Waals surface area contributed by atoms with E-state index in [1.54, 1.807) is 12.3 Å². The number of hydrogen-bond donors (Lipinski definition) is 2. The lowest BCUT2D eigenvalue weighted by atomic mass is 9.97. The molecule has 0 saturated heterocycles. The van der Waals surface area contributed by atoms with E-state index in [1.165, 1.54) is 0 Å². The third-order valence-electron chi connectivity index (χ3n) is 5.85. The molecule has 0 aliphatic rings. The number of carbonyl (C=O) groups excluding carboxylic acids is 2. The second kappa shape index (κ2) is 10.2. The van der Waals surface area contributed by atoms with Crippen LogP contribution < -0.4 is 11.1 Å². The van der Waals surface area contributed by atoms with Gasteiger partial charge in [0.15, 0.2) is 0 Å². The van der Waals surface area contributed by atoms with E-state index in [2.05, 4.69) is 10.3 Å². The largest absolute Gasteiger partial charge is 0.457 e. The zero-order valence-corrected chi connectivity index (χ0v) is 19.2. The number of pyridine rings is 1. The van der Waals surface area contributed by atoms with Crippen LogP contribution in [0.2, 0.25) is 0 Å². The third kappa shape index (κ3) is 5.41. The van der Waals surface area contributed by atoms with Gasteiger partial charge in [-0.15, -0.1) is 0 Å². The molecule has 0 aliphatic carbocycles. The molecule has 4 aromatic rings. The standard InChI is InChI=1S/C28H27N3O3/c1-18-3-10-25(19(2)13-18)28(33)34-17-20-4-6-21(7-5-20)26(27(29)32)16-31-24-9-8-23-15-30-12-11-22(23)14-24/h3-15,26,31H,16-17H2,1-2H3,(H2,29,32). The highest BCUT2D eigenvalue weighted by Crippen LogP contribution is 2.22. The number of nitrogens with two attached hydrogens (primary N) is 1. The maximum atomic E-state index is 12.4. The number of carbonyl (C=O) groups is 2. The van der Waals surface area contributed by atoms with Crippen molar-refractivity contribution in [1.29, 1.82) is 0 Å². The number of aryl methyl sites for hydroxylation is 2. The van der Waals surface area contributed by atoms with Gasteiger partial charge in [0, 0.05) is 30.0 Å². The number of nitrogens with zero attached hydrogens (tertiary/aromatic N) is 1. The van der Waals surface area contributed by atoms with Crippen molar-refractivity contribution in [2.45, 2.75) is 26.4 Å². The number of amides is 1. The Morgan fingerprint density at radius 3 is 2.50 bits per heavy atom. The Bertz CT molecular complexity index is 1330. The predicted molar refractivity (Wildman–Crippen MR) is 134 cm³/mol. The Labute approximate surface area is 198 Å². The minimum atomic E-state index is -0.500. The van der Waals surface area contributed by atoms with Crippen molar-refractivity contribution in [3.8, 4) is 0 Å². The molecule has 3 N–H and O–H groups in total. The van der Waals surface area contributed by atoms with E-state index in [9.17, 15) is 9.59 Å². The van der Waals surface area contributed by atoms with E-state index in [0.29, 0.717) is 12.1 Å². The summed E-state index contributed by atoms with van der Waals surface area (Å²) in [6.45, 7) is 4.40. The molecule has 0 spiro atoms. The summed E-state index contributed by atoms with van der Waals surface area (Å²) in [5.41, 5.74) is 10.8. The molecule has 1 amide bonds. The first-order chi connectivity index (χ1) is 16.4. The summed E-state index contributed by atoms with van der Waals surface area (Å²) in [6, 6.07) is 20.9. The van der Waals surface area contributed by atoms with Crippen LogP contribution in [0.3, 0.4) is 0 Å². The quantitative estimate of drug-likeness (QED) is 0.371. The van der Waals surface area contributed by atoms with Crippen molar-refractivity contribution >= 4 is 28.3 Å². The summed E-state index contributed by atoms with van der Waals surface area (Å²) in [7, 11) is 0. The van der Waals surface area contributed by atoms with Gasteiger partial charge in [0.1, 0.15) is 6.61 Å². The maximum absolute atomic E-state index is 12.4. The van der Waals surface area contributed by atoms with Gasteiger partial charge in [-0.05, 0) is 60.2 Å². The molecule has 0 radical (unpaired) electrons. The van der Waals surface area contributed by atoms with Crippen molar-refractivity contribution in [3.63, 3.8) is 0 Å². The highest BCUT2D eigenvalue weighted by Gasteiger charge is 2.18. The van der Waals surface area contributed by atoms with E-state index in [-0.39, 0.29) is 12.6 Å². The molecule has 1 heterocycles. The van der Waals surface area contributed by atoms with Crippen LogP contribution in [0.15, 0.2) is 79.1 Å². The van der Waals surface area contributed by atoms with Crippen molar-refractivity contribution < 1.29 is 14.3 Å². The van der Waals surface area contributed by atoms with E-state index in [1.807, 2.05) is 80.7 Å². The van der Waals surface area contributed by atoms with Crippen LogP contribution in [-0.2, 0) is 16.1 Å². The fourth-order valence-electron chi connectivity index (χ4n) is 3.91. The zero-order valence-electron chi connectivity index (χ0n) is 19.2. The average molecular weight is 454 g/mol. The monoisotopic (exact) mass is 453 g/mol. The van der Waals surface area contributed by atoms with Gasteiger partial charge in [0.25, 0.3) is 0 Å². The van der Waals surface area contributed by atoms with Gasteiger partial charge in [-0.1, -0.05) is 48.0 Å². The van der Waals surface area contributed by atoms with Gasteiger partial charge in [0.05, 0.1) is 11.5 Å². The molecule has 172 valence electrons. The molecule has 34 heavy (non-hydrogen) atoms. The van der Waals surface area contributed by atoms with Gasteiger partial charge in [-0.3, -0.25) is 9.78 Å². The minimum absolute atomic E-state index is 0.151. The molecule has 6 heteroatoms. The van der Waals surface area contributed by atoms with Crippen LogP contribution in [0.4, 0.5) is 5.69 Å². The number of nitrogens with one attached hydrogen (secondary N) is 1. The van der Waals surface area contributed by atoms with Gasteiger partial charge in [0.2, 0.25) is 5.91 Å². The fourth-order valence-corrected chi connectivity index (χ4v) is 3.91. The Hall–Kier alpha value is -4.19. The minimum Gasteiger partial charge on any atom is -0.457 e. The van der Waals surface area contributed by atoms with Crippen molar-refractivity contribution in [2.75, 3.05) is 11.9 Å².